The molecule has 2 heterocycles. The Balaban J connectivity index is 1.81. The third kappa shape index (κ3) is 4.25. The zero-order valence-electron chi connectivity index (χ0n) is 15.6. The molecule has 0 aliphatic carbocycles. The molecule has 1 saturated heterocycles. The van der Waals surface area contributed by atoms with Crippen LogP contribution in [-0.2, 0) is 11.7 Å². The van der Waals surface area contributed by atoms with Crippen molar-refractivity contribution in [2.75, 3.05) is 18.0 Å². The largest absolute Gasteiger partial charge is 0.435 e. The summed E-state index contributed by atoms with van der Waals surface area (Å²) in [6.07, 6.45) is -4.59. The Hall–Kier alpha value is -2.91. The zero-order valence-corrected chi connectivity index (χ0v) is 15.6. The summed E-state index contributed by atoms with van der Waals surface area (Å²) >= 11 is 0. The first-order valence-electron chi connectivity index (χ1n) is 8.69. The number of nitrogens with zero attached hydrogens (tertiary/aromatic N) is 3. The van der Waals surface area contributed by atoms with E-state index < -0.39 is 30.1 Å². The van der Waals surface area contributed by atoms with E-state index in [1.165, 1.54) is 46.2 Å². The molecule has 0 atom stereocenters. The maximum Gasteiger partial charge on any atom is 0.433 e. The van der Waals surface area contributed by atoms with Gasteiger partial charge in [0.1, 0.15) is 11.4 Å². The van der Waals surface area contributed by atoms with Crippen molar-refractivity contribution in [3.05, 3.63) is 53.9 Å². The molecule has 10 heteroatoms. The van der Waals surface area contributed by atoms with Crippen LogP contribution < -0.4 is 9.64 Å². The lowest BCUT2D eigenvalue weighted by Gasteiger charge is -2.35. The van der Waals surface area contributed by atoms with E-state index in [0.29, 0.717) is 5.69 Å². The molecule has 1 fully saturated rings. The Labute approximate surface area is 163 Å². The summed E-state index contributed by atoms with van der Waals surface area (Å²) in [7, 11) is 0. The molecule has 0 bridgehead atoms. The molecule has 0 N–H and O–H groups in total. The van der Waals surface area contributed by atoms with E-state index in [9.17, 15) is 26.7 Å². The van der Waals surface area contributed by atoms with Crippen molar-refractivity contribution in [1.82, 2.24) is 9.88 Å². The first kappa shape index (κ1) is 20.8. The Morgan fingerprint density at radius 2 is 1.62 bits per heavy atom. The summed E-state index contributed by atoms with van der Waals surface area (Å²) in [4.78, 5) is 19.5. The molecule has 29 heavy (non-hydrogen) atoms. The van der Waals surface area contributed by atoms with Gasteiger partial charge in [0, 0.05) is 18.8 Å². The van der Waals surface area contributed by atoms with Gasteiger partial charge in [-0.2, -0.15) is 22.0 Å². The summed E-state index contributed by atoms with van der Waals surface area (Å²) in [5.41, 5.74) is -1.54. The highest BCUT2D eigenvalue weighted by Crippen LogP contribution is 2.35. The van der Waals surface area contributed by atoms with Gasteiger partial charge in [-0.15, -0.1) is 0 Å². The van der Waals surface area contributed by atoms with Crippen molar-refractivity contribution in [2.45, 2.75) is 32.2 Å². The smallest absolute Gasteiger partial charge is 0.433 e. The topological polar surface area (TPSA) is 45.7 Å². The van der Waals surface area contributed by atoms with E-state index in [4.69, 9.17) is 0 Å². The third-order valence-electron chi connectivity index (χ3n) is 4.72. The first-order chi connectivity index (χ1) is 13.5. The fourth-order valence-electron chi connectivity index (χ4n) is 3.17. The van der Waals surface area contributed by atoms with Gasteiger partial charge in [0.2, 0.25) is 0 Å². The Morgan fingerprint density at radius 3 is 2.21 bits per heavy atom. The number of anilines is 1. The number of pyridine rings is 1. The molecule has 1 aromatic carbocycles. The van der Waals surface area contributed by atoms with E-state index in [1.807, 2.05) is 0 Å². The predicted molar refractivity (Wildman–Crippen MR) is 94.8 cm³/mol. The number of halogens is 5. The number of urea groups is 1. The number of ether oxygens (including phenoxy) is 1. The first-order valence-corrected chi connectivity index (χ1v) is 8.69. The highest BCUT2D eigenvalue weighted by Gasteiger charge is 2.42. The monoisotopic (exact) mass is 415 g/mol. The van der Waals surface area contributed by atoms with Crippen LogP contribution in [0.15, 0.2) is 42.5 Å². The molecule has 1 aliphatic rings. The average Bonchev–Trinajstić information content (AvgIpc) is 3.03. The molecule has 156 valence electrons. The summed E-state index contributed by atoms with van der Waals surface area (Å²) in [6.45, 7) is 0.841. The van der Waals surface area contributed by atoms with Crippen LogP contribution in [-0.4, -0.2) is 35.6 Å². The summed E-state index contributed by atoms with van der Waals surface area (Å²) in [5, 5.41) is 0. The van der Waals surface area contributed by atoms with Gasteiger partial charge in [-0.1, -0.05) is 6.07 Å². The lowest BCUT2D eigenvalue weighted by molar-refractivity contribution is -0.141. The summed E-state index contributed by atoms with van der Waals surface area (Å²) in [6, 6.07) is 8.73. The maximum atomic E-state index is 13.0. The van der Waals surface area contributed by atoms with E-state index in [1.54, 1.807) is 13.8 Å². The van der Waals surface area contributed by atoms with Crippen molar-refractivity contribution in [2.24, 2.45) is 0 Å². The maximum absolute atomic E-state index is 13.0. The standard InChI is InChI=1S/C19H18F5N3O2/c1-18(2,14-4-3-5-15(25-14)19(22,23)24)27-11-10-26(17(27)28)12-6-8-13(9-7-12)29-16(20)21/h3-9,16H,10-11H2,1-2H3. The minimum Gasteiger partial charge on any atom is -0.435 e. The number of aromatic nitrogens is 1. The van der Waals surface area contributed by atoms with Crippen LogP contribution >= 0.6 is 0 Å². The van der Waals surface area contributed by atoms with Crippen LogP contribution in [0.4, 0.5) is 32.4 Å². The van der Waals surface area contributed by atoms with Crippen molar-refractivity contribution in [3.63, 3.8) is 0 Å². The second-order valence-corrected chi connectivity index (χ2v) is 6.92. The number of alkyl halides is 5. The highest BCUT2D eigenvalue weighted by atomic mass is 19.4. The highest BCUT2D eigenvalue weighted by molar-refractivity contribution is 5.94. The minimum atomic E-state index is -4.59. The van der Waals surface area contributed by atoms with Gasteiger partial charge < -0.3 is 9.64 Å². The molecule has 0 unspecified atom stereocenters. The Morgan fingerprint density at radius 1 is 1.00 bits per heavy atom. The lowest BCUT2D eigenvalue weighted by Crippen LogP contribution is -2.45. The molecule has 5 nitrogen and oxygen atoms in total. The van der Waals surface area contributed by atoms with E-state index in [0.717, 1.165) is 6.07 Å². The quantitative estimate of drug-likeness (QED) is 0.654. The van der Waals surface area contributed by atoms with Crippen LogP contribution in [0, 0.1) is 0 Å². The lowest BCUT2D eigenvalue weighted by atomic mass is 9.97. The summed E-state index contributed by atoms with van der Waals surface area (Å²) < 4.78 is 67.8. The second-order valence-electron chi connectivity index (χ2n) is 6.92. The van der Waals surface area contributed by atoms with Crippen molar-refractivity contribution < 1.29 is 31.5 Å². The fraction of sp³-hybridized carbons (Fsp3) is 0.368. The van der Waals surface area contributed by atoms with Crippen LogP contribution in [0.25, 0.3) is 0 Å². The molecule has 2 aromatic rings. The number of amides is 2. The molecule has 0 spiro atoms. The van der Waals surface area contributed by atoms with Crippen LogP contribution in [0.5, 0.6) is 5.75 Å². The molecule has 2 amide bonds. The molecular formula is C19H18F5N3O2. The van der Waals surface area contributed by atoms with Crippen molar-refractivity contribution >= 4 is 11.7 Å². The van der Waals surface area contributed by atoms with Gasteiger partial charge in [-0.3, -0.25) is 4.90 Å². The van der Waals surface area contributed by atoms with Gasteiger partial charge in [0.25, 0.3) is 0 Å². The Kier molecular flexibility index (Phi) is 5.38. The third-order valence-corrected chi connectivity index (χ3v) is 4.72. The number of carbonyl (C=O) groups excluding carboxylic acids is 1. The SMILES string of the molecule is CC(C)(c1cccc(C(F)(F)F)n1)N1CCN(c2ccc(OC(F)F)cc2)C1=O. The zero-order chi connectivity index (χ0) is 21.4. The molecule has 0 saturated carbocycles. The van der Waals surface area contributed by atoms with Crippen LogP contribution in [0.1, 0.15) is 25.2 Å². The van der Waals surface area contributed by atoms with Gasteiger partial charge in [-0.25, -0.2) is 9.78 Å². The second kappa shape index (κ2) is 7.49. The van der Waals surface area contributed by atoms with E-state index in [-0.39, 0.29) is 24.5 Å². The number of rotatable bonds is 5. The van der Waals surface area contributed by atoms with Crippen LogP contribution in [0.2, 0.25) is 0 Å². The number of hydrogen-bond donors (Lipinski definition) is 0. The van der Waals surface area contributed by atoms with Gasteiger partial charge in [0.05, 0.1) is 11.2 Å². The van der Waals surface area contributed by atoms with Crippen molar-refractivity contribution in [1.29, 1.82) is 0 Å². The van der Waals surface area contributed by atoms with E-state index >= 15 is 0 Å². The van der Waals surface area contributed by atoms with Gasteiger partial charge >= 0.3 is 18.8 Å². The normalized spacial score (nSPS) is 15.4. The molecule has 3 rings (SSSR count). The van der Waals surface area contributed by atoms with E-state index in [2.05, 4.69) is 9.72 Å². The number of benzene rings is 1. The molecule has 1 aromatic heterocycles. The molecular weight excluding hydrogens is 397 g/mol. The molecule has 1 aliphatic heterocycles. The van der Waals surface area contributed by atoms with Crippen LogP contribution in [0.3, 0.4) is 0 Å². The summed E-state index contributed by atoms with van der Waals surface area (Å²) in [5.74, 6) is -0.0410. The minimum absolute atomic E-state index is 0.0410. The number of hydrogen-bond acceptors (Lipinski definition) is 3. The predicted octanol–water partition coefficient (Wildman–Crippen LogP) is 4.88. The number of carbonyl (C=O) groups is 1. The Bertz CT molecular complexity index is 884. The van der Waals surface area contributed by atoms with Gasteiger partial charge in [0.15, 0.2) is 0 Å². The molecule has 0 radical (unpaired) electrons. The van der Waals surface area contributed by atoms with Gasteiger partial charge in [-0.05, 0) is 50.2 Å². The average molecular weight is 415 g/mol. The van der Waals surface area contributed by atoms with Crippen molar-refractivity contribution in [3.8, 4) is 5.75 Å². The fourth-order valence-corrected chi connectivity index (χ4v) is 3.17.